The Bertz CT molecular complexity index is 689. The summed E-state index contributed by atoms with van der Waals surface area (Å²) >= 11 is 0. The van der Waals surface area contributed by atoms with Gasteiger partial charge in [0.25, 0.3) is 0 Å². The number of hydrogen-bond donors (Lipinski definition) is 2. The molecule has 2 N–H and O–H groups in total. The van der Waals surface area contributed by atoms with Crippen LogP contribution in [0.2, 0.25) is 0 Å². The molecule has 2 heterocycles. The number of carbonyl (C=O) groups excluding carboxylic acids is 3. The van der Waals surface area contributed by atoms with Crippen molar-refractivity contribution >= 4 is 24.2 Å². The first-order chi connectivity index (χ1) is 16.5. The minimum atomic E-state index is -0.994. The average Bonchev–Trinajstić information content (AvgIpc) is 3.31. The van der Waals surface area contributed by atoms with Crippen molar-refractivity contribution in [1.29, 1.82) is 0 Å². The maximum atomic E-state index is 12.6. The zero-order valence-electron chi connectivity index (χ0n) is 22.9. The third-order valence-corrected chi connectivity index (χ3v) is 6.00. The normalized spacial score (nSPS) is 19.0. The first kappa shape index (κ1) is 32.6. The summed E-state index contributed by atoms with van der Waals surface area (Å²) in [5.74, 6) is -1.54. The van der Waals surface area contributed by atoms with Crippen molar-refractivity contribution in [3.8, 4) is 0 Å². The van der Waals surface area contributed by atoms with E-state index in [1.54, 1.807) is 20.0 Å². The minimum Gasteiger partial charge on any atom is -0.480 e. The molecular weight excluding hydrogens is 448 g/mol. The summed E-state index contributed by atoms with van der Waals surface area (Å²) in [6.45, 7) is 12.7. The Kier molecular flexibility index (Phi) is 16.7. The number of carbonyl (C=O) groups is 4. The number of nitrogens with one attached hydrogen (secondary N) is 1. The SMILES string of the molecule is C/C(=C\[C@H](C(C)C)N(C)C(=O)CNC=O)C(=O)N1CCC[C@H]1C(=O)O.CCC.CN1CCCCC1. The third kappa shape index (κ3) is 12.2. The van der Waals surface area contributed by atoms with Gasteiger partial charge in [0.1, 0.15) is 6.04 Å². The summed E-state index contributed by atoms with van der Waals surface area (Å²) in [7, 11) is 3.81. The zero-order valence-corrected chi connectivity index (χ0v) is 22.9. The Morgan fingerprint density at radius 2 is 1.66 bits per heavy atom. The number of rotatable bonds is 8. The minimum absolute atomic E-state index is 0.0433. The molecule has 2 fully saturated rings. The molecule has 2 aliphatic rings. The Balaban J connectivity index is 0.000000956. The van der Waals surface area contributed by atoms with Gasteiger partial charge in [-0.15, -0.1) is 0 Å². The lowest BCUT2D eigenvalue weighted by Gasteiger charge is -2.30. The summed E-state index contributed by atoms with van der Waals surface area (Å²) in [5.41, 5.74) is 0.412. The van der Waals surface area contributed by atoms with Gasteiger partial charge < -0.3 is 25.1 Å². The lowest BCUT2D eigenvalue weighted by atomic mass is 9.99. The molecule has 0 radical (unpaired) electrons. The highest BCUT2D eigenvalue weighted by Crippen LogP contribution is 2.21. The molecule has 0 unspecified atom stereocenters. The van der Waals surface area contributed by atoms with E-state index in [2.05, 4.69) is 31.1 Å². The molecule has 0 aromatic rings. The maximum absolute atomic E-state index is 12.6. The van der Waals surface area contributed by atoms with Crippen LogP contribution in [0.4, 0.5) is 0 Å². The average molecular weight is 497 g/mol. The van der Waals surface area contributed by atoms with Gasteiger partial charge in [0.15, 0.2) is 0 Å². The first-order valence-electron chi connectivity index (χ1n) is 12.8. The molecule has 9 heteroatoms. The topological polar surface area (TPSA) is 110 Å². The van der Waals surface area contributed by atoms with Crippen molar-refractivity contribution in [3.05, 3.63) is 11.6 Å². The first-order valence-corrected chi connectivity index (χ1v) is 12.8. The van der Waals surface area contributed by atoms with Gasteiger partial charge in [0.05, 0.1) is 12.6 Å². The molecule has 0 aromatic heterocycles. The molecule has 0 bridgehead atoms. The van der Waals surface area contributed by atoms with Crippen molar-refractivity contribution in [2.24, 2.45) is 5.92 Å². The van der Waals surface area contributed by atoms with Crippen LogP contribution in [0.25, 0.3) is 0 Å². The number of aliphatic carboxylic acids is 1. The largest absolute Gasteiger partial charge is 0.480 e. The molecule has 35 heavy (non-hydrogen) atoms. The van der Waals surface area contributed by atoms with Crippen molar-refractivity contribution in [2.75, 3.05) is 40.3 Å². The van der Waals surface area contributed by atoms with Crippen LogP contribution in [0.1, 0.15) is 73.1 Å². The number of carboxylic acid groups (broad SMARTS) is 1. The number of likely N-dealkylation sites (tertiary alicyclic amines) is 2. The summed E-state index contributed by atoms with van der Waals surface area (Å²) in [6, 6.07) is -1.12. The number of carboxylic acids is 1. The molecule has 2 atom stereocenters. The number of nitrogens with zero attached hydrogens (tertiary/aromatic N) is 3. The van der Waals surface area contributed by atoms with Crippen LogP contribution in [0.5, 0.6) is 0 Å². The molecule has 2 saturated heterocycles. The van der Waals surface area contributed by atoms with Gasteiger partial charge in [0, 0.05) is 19.2 Å². The van der Waals surface area contributed by atoms with Crippen molar-refractivity contribution < 1.29 is 24.3 Å². The molecule has 9 nitrogen and oxygen atoms in total. The number of piperidine rings is 1. The Hall–Kier alpha value is -2.42. The fraction of sp³-hybridized carbons (Fsp3) is 0.769. The lowest BCUT2D eigenvalue weighted by molar-refractivity contribution is -0.146. The van der Waals surface area contributed by atoms with Gasteiger partial charge >= 0.3 is 5.97 Å². The van der Waals surface area contributed by atoms with Crippen LogP contribution < -0.4 is 5.32 Å². The summed E-state index contributed by atoms with van der Waals surface area (Å²) in [4.78, 5) is 51.6. The zero-order chi connectivity index (χ0) is 27.0. The molecule has 2 aliphatic heterocycles. The predicted molar refractivity (Wildman–Crippen MR) is 139 cm³/mol. The summed E-state index contributed by atoms with van der Waals surface area (Å²) in [5, 5.41) is 11.6. The molecular formula is C26H48N4O5. The Morgan fingerprint density at radius 3 is 2.09 bits per heavy atom. The number of likely N-dealkylation sites (N-methyl/N-ethyl adjacent to an activating group) is 1. The second-order valence-corrected chi connectivity index (χ2v) is 9.65. The van der Waals surface area contributed by atoms with E-state index in [-0.39, 0.29) is 30.3 Å². The quantitative estimate of drug-likeness (QED) is 0.395. The highest BCUT2D eigenvalue weighted by atomic mass is 16.4. The van der Waals surface area contributed by atoms with E-state index >= 15 is 0 Å². The van der Waals surface area contributed by atoms with Crippen molar-refractivity contribution in [3.63, 3.8) is 0 Å². The second-order valence-electron chi connectivity index (χ2n) is 9.65. The van der Waals surface area contributed by atoms with Crippen molar-refractivity contribution in [1.82, 2.24) is 20.0 Å². The molecule has 3 amide bonds. The van der Waals surface area contributed by atoms with Gasteiger partial charge in [-0.3, -0.25) is 14.4 Å². The fourth-order valence-electron chi connectivity index (χ4n) is 4.04. The van der Waals surface area contributed by atoms with E-state index in [1.165, 1.54) is 48.6 Å². The van der Waals surface area contributed by atoms with Crippen LogP contribution in [0.15, 0.2) is 11.6 Å². The fourth-order valence-corrected chi connectivity index (χ4v) is 4.04. The number of amides is 3. The summed E-state index contributed by atoms with van der Waals surface area (Å²) in [6.07, 6.45) is 8.80. The van der Waals surface area contributed by atoms with Crippen LogP contribution in [-0.4, -0.2) is 96.4 Å². The summed E-state index contributed by atoms with van der Waals surface area (Å²) < 4.78 is 0. The van der Waals surface area contributed by atoms with Crippen LogP contribution in [0, 0.1) is 5.92 Å². The van der Waals surface area contributed by atoms with Gasteiger partial charge in [-0.25, -0.2) is 4.79 Å². The van der Waals surface area contributed by atoms with E-state index in [1.807, 2.05) is 13.8 Å². The predicted octanol–water partition coefficient (Wildman–Crippen LogP) is 2.76. The van der Waals surface area contributed by atoms with E-state index < -0.39 is 12.0 Å². The second kappa shape index (κ2) is 17.9. The molecule has 0 spiro atoms. The van der Waals surface area contributed by atoms with Crippen LogP contribution in [-0.2, 0) is 19.2 Å². The standard InChI is InChI=1S/C17H27N3O5.C6H13N.C3H8/c1-11(2)14(19(4)15(22)9-18-10-21)8-12(3)16(23)20-7-5-6-13(20)17(24)25;1-7-5-3-2-4-6-7;1-3-2/h8,10-11,13-14H,5-7,9H2,1-4H3,(H,18,21)(H,24,25);2-6H2,1H3;3H2,1-2H3/b12-8+;;/t13-,14+;;/m0../s1. The Morgan fingerprint density at radius 1 is 1.09 bits per heavy atom. The molecule has 0 saturated carbocycles. The molecule has 2 rings (SSSR count). The third-order valence-electron chi connectivity index (χ3n) is 6.00. The lowest BCUT2D eigenvalue weighted by Crippen LogP contribution is -2.44. The molecule has 0 aromatic carbocycles. The van der Waals surface area contributed by atoms with Crippen LogP contribution >= 0.6 is 0 Å². The highest BCUT2D eigenvalue weighted by Gasteiger charge is 2.34. The van der Waals surface area contributed by atoms with E-state index in [0.717, 1.165) is 0 Å². The van der Waals surface area contributed by atoms with Gasteiger partial charge in [0.2, 0.25) is 18.2 Å². The maximum Gasteiger partial charge on any atom is 0.326 e. The smallest absolute Gasteiger partial charge is 0.326 e. The van der Waals surface area contributed by atoms with E-state index in [0.29, 0.717) is 31.4 Å². The molecule has 0 aliphatic carbocycles. The molecule has 202 valence electrons. The number of hydrogen-bond acceptors (Lipinski definition) is 5. The van der Waals surface area contributed by atoms with Gasteiger partial charge in [-0.05, 0) is 58.7 Å². The van der Waals surface area contributed by atoms with E-state index in [9.17, 15) is 24.3 Å². The van der Waals surface area contributed by atoms with Crippen LogP contribution in [0.3, 0.4) is 0 Å². The van der Waals surface area contributed by atoms with Gasteiger partial charge in [-0.1, -0.05) is 46.6 Å². The highest BCUT2D eigenvalue weighted by molar-refractivity contribution is 5.96. The van der Waals surface area contributed by atoms with Gasteiger partial charge in [-0.2, -0.15) is 0 Å². The van der Waals surface area contributed by atoms with E-state index in [4.69, 9.17) is 0 Å². The Labute approximate surface area is 211 Å². The van der Waals surface area contributed by atoms with Crippen molar-refractivity contribution in [2.45, 2.75) is 85.2 Å². The monoisotopic (exact) mass is 496 g/mol.